The number of nitrogens with one attached hydrogen (secondary N) is 2. The Hall–Kier alpha value is -4.19. The van der Waals surface area contributed by atoms with E-state index in [-0.39, 0.29) is 17.7 Å². The van der Waals surface area contributed by atoms with Gasteiger partial charge in [0, 0.05) is 34.8 Å². The standard InChI is InChI=1S/C30H32N4O2/c1-20(2)28(32-29(35)24-14-12-21(3)13-15-24)30(36)33-31-17-25-19-34(27-11-6-5-10-26(25)27)18-23-9-7-8-22(4)16-23/h5-17,19-20,28H,18H2,1-4H3,(H,32,35)(H,33,36). The molecule has 0 aliphatic heterocycles. The summed E-state index contributed by atoms with van der Waals surface area (Å²) >= 11 is 0. The molecule has 0 spiro atoms. The molecule has 1 heterocycles. The Morgan fingerprint density at radius 1 is 0.944 bits per heavy atom. The van der Waals surface area contributed by atoms with Crippen LogP contribution >= 0.6 is 0 Å². The zero-order chi connectivity index (χ0) is 25.7. The van der Waals surface area contributed by atoms with E-state index in [1.807, 2.05) is 57.3 Å². The molecule has 0 radical (unpaired) electrons. The van der Waals surface area contributed by atoms with Gasteiger partial charge in [0.25, 0.3) is 11.8 Å². The first-order valence-electron chi connectivity index (χ1n) is 12.2. The van der Waals surface area contributed by atoms with E-state index in [9.17, 15) is 9.59 Å². The lowest BCUT2D eigenvalue weighted by Gasteiger charge is -2.20. The van der Waals surface area contributed by atoms with Crippen molar-refractivity contribution in [1.29, 1.82) is 0 Å². The Morgan fingerprint density at radius 2 is 1.69 bits per heavy atom. The number of fused-ring (bicyclic) bond motifs is 1. The second kappa shape index (κ2) is 11.0. The number of hydrogen-bond acceptors (Lipinski definition) is 3. The molecular weight excluding hydrogens is 448 g/mol. The van der Waals surface area contributed by atoms with Gasteiger partial charge in [0.15, 0.2) is 0 Å². The number of amides is 2. The van der Waals surface area contributed by atoms with Gasteiger partial charge in [-0.05, 0) is 43.5 Å². The van der Waals surface area contributed by atoms with Gasteiger partial charge in [-0.2, -0.15) is 5.10 Å². The molecule has 4 rings (SSSR count). The molecule has 2 amide bonds. The molecule has 2 N–H and O–H groups in total. The lowest BCUT2D eigenvalue weighted by molar-refractivity contribution is -0.123. The Morgan fingerprint density at radius 3 is 2.42 bits per heavy atom. The highest BCUT2D eigenvalue weighted by Crippen LogP contribution is 2.21. The minimum Gasteiger partial charge on any atom is -0.342 e. The van der Waals surface area contributed by atoms with E-state index in [4.69, 9.17) is 0 Å². The number of carbonyl (C=O) groups excluding carboxylic acids is 2. The first-order valence-corrected chi connectivity index (χ1v) is 12.2. The number of carbonyl (C=O) groups is 2. The third-order valence-electron chi connectivity index (χ3n) is 6.18. The van der Waals surface area contributed by atoms with E-state index in [0.717, 1.165) is 28.6 Å². The van der Waals surface area contributed by atoms with Gasteiger partial charge >= 0.3 is 0 Å². The lowest BCUT2D eigenvalue weighted by atomic mass is 10.0. The summed E-state index contributed by atoms with van der Waals surface area (Å²) in [4.78, 5) is 25.6. The number of benzene rings is 3. The van der Waals surface area contributed by atoms with E-state index in [1.54, 1.807) is 18.3 Å². The molecule has 1 aromatic heterocycles. The second-order valence-electron chi connectivity index (χ2n) is 9.51. The van der Waals surface area contributed by atoms with Gasteiger partial charge in [0.1, 0.15) is 6.04 Å². The zero-order valence-corrected chi connectivity index (χ0v) is 21.2. The van der Waals surface area contributed by atoms with Gasteiger partial charge < -0.3 is 9.88 Å². The maximum atomic E-state index is 12.9. The molecule has 6 nitrogen and oxygen atoms in total. The van der Waals surface area contributed by atoms with E-state index < -0.39 is 6.04 Å². The molecule has 1 unspecified atom stereocenters. The Balaban J connectivity index is 1.48. The van der Waals surface area contributed by atoms with Gasteiger partial charge in [-0.15, -0.1) is 0 Å². The van der Waals surface area contributed by atoms with Crippen LogP contribution in [0.15, 0.2) is 84.1 Å². The summed E-state index contributed by atoms with van der Waals surface area (Å²) in [5.41, 5.74) is 8.65. The van der Waals surface area contributed by atoms with E-state index in [0.29, 0.717) is 5.56 Å². The van der Waals surface area contributed by atoms with Gasteiger partial charge in [-0.25, -0.2) is 5.43 Å². The zero-order valence-electron chi connectivity index (χ0n) is 21.2. The molecule has 0 saturated carbocycles. The number of hydrogen-bond donors (Lipinski definition) is 2. The Labute approximate surface area is 212 Å². The van der Waals surface area contributed by atoms with Crippen LogP contribution in [0.2, 0.25) is 0 Å². The van der Waals surface area contributed by atoms with Crippen LogP contribution in [0.25, 0.3) is 10.9 Å². The average molecular weight is 481 g/mol. The number of rotatable bonds is 8. The summed E-state index contributed by atoms with van der Waals surface area (Å²) in [5, 5.41) is 8.12. The first-order chi connectivity index (χ1) is 17.3. The van der Waals surface area contributed by atoms with Gasteiger partial charge in [-0.3, -0.25) is 9.59 Å². The number of nitrogens with zero attached hydrogens (tertiary/aromatic N) is 2. The van der Waals surface area contributed by atoms with Crippen LogP contribution in [0, 0.1) is 19.8 Å². The van der Waals surface area contributed by atoms with Crippen molar-refractivity contribution < 1.29 is 9.59 Å². The molecule has 184 valence electrons. The quantitative estimate of drug-likeness (QED) is 0.268. The summed E-state index contributed by atoms with van der Waals surface area (Å²) in [6.45, 7) is 8.57. The monoisotopic (exact) mass is 480 g/mol. The first kappa shape index (κ1) is 24.9. The van der Waals surface area contributed by atoms with E-state index in [2.05, 4.69) is 57.7 Å². The summed E-state index contributed by atoms with van der Waals surface area (Å²) < 4.78 is 2.19. The van der Waals surface area contributed by atoms with Crippen molar-refractivity contribution in [1.82, 2.24) is 15.3 Å². The predicted octanol–water partition coefficient (Wildman–Crippen LogP) is 5.21. The van der Waals surface area contributed by atoms with Crippen LogP contribution in [0.5, 0.6) is 0 Å². The van der Waals surface area contributed by atoms with Crippen molar-refractivity contribution in [3.05, 3.63) is 107 Å². The second-order valence-corrected chi connectivity index (χ2v) is 9.51. The SMILES string of the molecule is Cc1ccc(C(=O)NC(C(=O)NN=Cc2cn(Cc3cccc(C)c3)c3ccccc23)C(C)C)cc1. The summed E-state index contributed by atoms with van der Waals surface area (Å²) in [5.74, 6) is -0.747. The number of hydrazone groups is 1. The van der Waals surface area contributed by atoms with Crippen molar-refractivity contribution in [2.45, 2.75) is 40.3 Å². The summed E-state index contributed by atoms with van der Waals surface area (Å²) in [6, 6.07) is 23.1. The molecule has 0 saturated heterocycles. The van der Waals surface area contributed by atoms with Crippen molar-refractivity contribution in [2.24, 2.45) is 11.0 Å². The molecule has 0 aliphatic carbocycles. The molecule has 36 heavy (non-hydrogen) atoms. The highest BCUT2D eigenvalue weighted by atomic mass is 16.2. The fourth-order valence-corrected chi connectivity index (χ4v) is 4.22. The average Bonchev–Trinajstić information content (AvgIpc) is 3.20. The molecule has 3 aromatic carbocycles. The van der Waals surface area contributed by atoms with Crippen LogP contribution in [0.3, 0.4) is 0 Å². The highest BCUT2D eigenvalue weighted by molar-refractivity contribution is 6.00. The third-order valence-corrected chi connectivity index (χ3v) is 6.18. The van der Waals surface area contributed by atoms with Crippen molar-refractivity contribution in [3.63, 3.8) is 0 Å². The summed E-state index contributed by atoms with van der Waals surface area (Å²) in [7, 11) is 0. The van der Waals surface area contributed by atoms with Crippen LogP contribution in [0.4, 0.5) is 0 Å². The highest BCUT2D eigenvalue weighted by Gasteiger charge is 2.24. The molecule has 1 atom stereocenters. The predicted molar refractivity (Wildman–Crippen MR) is 145 cm³/mol. The Kier molecular flexibility index (Phi) is 7.64. The van der Waals surface area contributed by atoms with E-state index in [1.165, 1.54) is 11.1 Å². The topological polar surface area (TPSA) is 75.5 Å². The minimum atomic E-state index is -0.710. The van der Waals surface area contributed by atoms with E-state index >= 15 is 0 Å². The smallest absolute Gasteiger partial charge is 0.262 e. The molecule has 0 aliphatic rings. The summed E-state index contributed by atoms with van der Waals surface area (Å²) in [6.07, 6.45) is 3.70. The fourth-order valence-electron chi connectivity index (χ4n) is 4.22. The molecule has 4 aromatic rings. The minimum absolute atomic E-state index is 0.106. The Bertz CT molecular complexity index is 1400. The normalized spacial score (nSPS) is 12.2. The van der Waals surface area contributed by atoms with Crippen molar-refractivity contribution in [3.8, 4) is 0 Å². The van der Waals surface area contributed by atoms with Gasteiger partial charge in [0.05, 0.1) is 6.21 Å². The van der Waals surface area contributed by atoms with Gasteiger partial charge in [-0.1, -0.05) is 79.6 Å². The number of aromatic nitrogens is 1. The number of aryl methyl sites for hydroxylation is 2. The van der Waals surface area contributed by atoms with Gasteiger partial charge in [0.2, 0.25) is 0 Å². The van der Waals surface area contributed by atoms with Crippen LogP contribution in [-0.4, -0.2) is 28.6 Å². The molecule has 6 heteroatoms. The third kappa shape index (κ3) is 5.89. The molecular formula is C30H32N4O2. The maximum Gasteiger partial charge on any atom is 0.262 e. The fraction of sp³-hybridized carbons (Fsp3) is 0.233. The molecule has 0 fully saturated rings. The molecule has 0 bridgehead atoms. The number of para-hydroxylation sites is 1. The van der Waals surface area contributed by atoms with Crippen LogP contribution in [-0.2, 0) is 11.3 Å². The van der Waals surface area contributed by atoms with Crippen molar-refractivity contribution in [2.75, 3.05) is 0 Å². The van der Waals surface area contributed by atoms with Crippen LogP contribution < -0.4 is 10.7 Å². The largest absolute Gasteiger partial charge is 0.342 e. The maximum absolute atomic E-state index is 12.9. The van der Waals surface area contributed by atoms with Crippen LogP contribution in [0.1, 0.15) is 46.5 Å². The lowest BCUT2D eigenvalue weighted by Crippen LogP contribution is -2.48. The van der Waals surface area contributed by atoms with Crippen molar-refractivity contribution >= 4 is 28.9 Å².